The molecule has 1 amide bonds. The summed E-state index contributed by atoms with van der Waals surface area (Å²) in [6.45, 7) is 0. The van der Waals surface area contributed by atoms with Crippen molar-refractivity contribution in [2.45, 2.75) is 43.0 Å². The van der Waals surface area contributed by atoms with E-state index < -0.39 is 15.9 Å². The third-order valence-electron chi connectivity index (χ3n) is 5.46. The lowest BCUT2D eigenvalue weighted by atomic mass is 9.96. The van der Waals surface area contributed by atoms with Crippen molar-refractivity contribution in [3.05, 3.63) is 42.1 Å². The molecule has 0 aliphatic heterocycles. The van der Waals surface area contributed by atoms with Gasteiger partial charge in [-0.2, -0.15) is 9.40 Å². The standard InChI is InChI=1S/C20H24N6O4S/c1-25-13-12-17(24-25)19-22-23-20(30-19)21-18(27)14-8-10-16(11-9-14)31(28,29)26(2)15-6-4-3-5-7-15/h8-13,15H,3-7H2,1-2H3,(H,21,23,27). The van der Waals surface area contributed by atoms with E-state index in [2.05, 4.69) is 20.6 Å². The third-order valence-corrected chi connectivity index (χ3v) is 7.38. The smallest absolute Gasteiger partial charge is 0.322 e. The maximum atomic E-state index is 12.9. The van der Waals surface area contributed by atoms with Crippen molar-refractivity contribution in [2.75, 3.05) is 12.4 Å². The number of sulfonamides is 1. The Morgan fingerprint density at radius 3 is 2.48 bits per heavy atom. The summed E-state index contributed by atoms with van der Waals surface area (Å²) in [6.07, 6.45) is 6.72. The van der Waals surface area contributed by atoms with Gasteiger partial charge in [-0.15, -0.1) is 5.10 Å². The summed E-state index contributed by atoms with van der Waals surface area (Å²) in [4.78, 5) is 12.6. The molecule has 1 fully saturated rings. The molecule has 1 aliphatic rings. The molecule has 2 aromatic heterocycles. The van der Waals surface area contributed by atoms with Gasteiger partial charge in [-0.05, 0) is 43.2 Å². The van der Waals surface area contributed by atoms with Crippen molar-refractivity contribution < 1.29 is 17.6 Å². The average molecular weight is 445 g/mol. The highest BCUT2D eigenvalue weighted by atomic mass is 32.2. The molecule has 2 heterocycles. The Bertz CT molecular complexity index is 1160. The van der Waals surface area contributed by atoms with Crippen molar-refractivity contribution in [2.24, 2.45) is 7.05 Å². The van der Waals surface area contributed by atoms with Crippen LogP contribution in [0.5, 0.6) is 0 Å². The van der Waals surface area contributed by atoms with E-state index in [-0.39, 0.29) is 28.4 Å². The highest BCUT2D eigenvalue weighted by Gasteiger charge is 2.29. The van der Waals surface area contributed by atoms with Crippen LogP contribution in [-0.4, -0.2) is 51.7 Å². The Balaban J connectivity index is 1.44. The van der Waals surface area contributed by atoms with Gasteiger partial charge in [0.2, 0.25) is 10.0 Å². The van der Waals surface area contributed by atoms with Crippen molar-refractivity contribution in [1.82, 2.24) is 24.3 Å². The number of nitrogens with one attached hydrogen (secondary N) is 1. The lowest BCUT2D eigenvalue weighted by Crippen LogP contribution is -2.38. The van der Waals surface area contributed by atoms with E-state index in [4.69, 9.17) is 4.42 Å². The highest BCUT2D eigenvalue weighted by Crippen LogP contribution is 2.26. The van der Waals surface area contributed by atoms with Crippen LogP contribution in [0.15, 0.2) is 45.8 Å². The zero-order chi connectivity index (χ0) is 22.0. The van der Waals surface area contributed by atoms with Crippen LogP contribution in [0.2, 0.25) is 0 Å². The van der Waals surface area contributed by atoms with Gasteiger partial charge in [0.15, 0.2) is 0 Å². The van der Waals surface area contributed by atoms with Crippen molar-refractivity contribution >= 4 is 21.9 Å². The quantitative estimate of drug-likeness (QED) is 0.620. The van der Waals surface area contributed by atoms with Gasteiger partial charge in [0.25, 0.3) is 11.8 Å². The molecule has 11 heteroatoms. The third kappa shape index (κ3) is 4.52. The summed E-state index contributed by atoms with van der Waals surface area (Å²) in [5.74, 6) is -0.302. The van der Waals surface area contributed by atoms with E-state index in [1.54, 1.807) is 31.0 Å². The van der Waals surface area contributed by atoms with E-state index >= 15 is 0 Å². The van der Waals surface area contributed by atoms with Crippen LogP contribution < -0.4 is 5.32 Å². The summed E-state index contributed by atoms with van der Waals surface area (Å²) in [7, 11) is -0.225. The molecule has 3 aromatic rings. The second kappa shape index (κ2) is 8.60. The summed E-state index contributed by atoms with van der Waals surface area (Å²) in [5, 5.41) is 14.3. The second-order valence-electron chi connectivity index (χ2n) is 7.58. The molecule has 1 saturated carbocycles. The first-order valence-electron chi connectivity index (χ1n) is 10.1. The molecule has 4 rings (SSSR count). The molecular weight excluding hydrogens is 420 g/mol. The van der Waals surface area contributed by atoms with Crippen LogP contribution in [0.25, 0.3) is 11.6 Å². The number of carbonyl (C=O) groups excluding carboxylic acids is 1. The average Bonchev–Trinajstić information content (AvgIpc) is 3.42. The normalized spacial score (nSPS) is 15.3. The van der Waals surface area contributed by atoms with Crippen LogP contribution >= 0.6 is 0 Å². The molecule has 1 aromatic carbocycles. The van der Waals surface area contributed by atoms with Gasteiger partial charge in [-0.25, -0.2) is 8.42 Å². The number of aromatic nitrogens is 4. The first-order valence-corrected chi connectivity index (χ1v) is 11.5. The van der Waals surface area contributed by atoms with E-state index in [0.29, 0.717) is 5.69 Å². The monoisotopic (exact) mass is 444 g/mol. The molecule has 0 atom stereocenters. The predicted molar refractivity (Wildman–Crippen MR) is 113 cm³/mol. The Morgan fingerprint density at radius 1 is 1.13 bits per heavy atom. The lowest BCUT2D eigenvalue weighted by Gasteiger charge is -2.30. The number of carbonyl (C=O) groups is 1. The SMILES string of the molecule is CN(C1CCCCC1)S(=O)(=O)c1ccc(C(=O)Nc2nnc(-c3ccn(C)n3)o2)cc1. The molecule has 31 heavy (non-hydrogen) atoms. The predicted octanol–water partition coefficient (Wildman–Crippen LogP) is 2.68. The maximum absolute atomic E-state index is 12.9. The molecule has 1 aliphatic carbocycles. The largest absolute Gasteiger partial charge is 0.401 e. The number of aryl methyl sites for hydroxylation is 1. The van der Waals surface area contributed by atoms with E-state index in [0.717, 1.165) is 32.1 Å². The molecule has 0 unspecified atom stereocenters. The second-order valence-corrected chi connectivity index (χ2v) is 9.58. The summed E-state index contributed by atoms with van der Waals surface area (Å²) >= 11 is 0. The molecule has 0 bridgehead atoms. The first-order chi connectivity index (χ1) is 14.8. The van der Waals surface area contributed by atoms with Gasteiger partial charge in [0, 0.05) is 31.9 Å². The van der Waals surface area contributed by atoms with Crippen molar-refractivity contribution in [1.29, 1.82) is 0 Å². The van der Waals surface area contributed by atoms with Crippen LogP contribution in [0.1, 0.15) is 42.5 Å². The Kier molecular flexibility index (Phi) is 5.88. The van der Waals surface area contributed by atoms with Crippen LogP contribution in [0.4, 0.5) is 6.01 Å². The molecule has 10 nitrogen and oxygen atoms in total. The summed E-state index contributed by atoms with van der Waals surface area (Å²) in [5.41, 5.74) is 0.768. The number of nitrogens with zero attached hydrogens (tertiary/aromatic N) is 5. The number of amides is 1. The van der Waals surface area contributed by atoms with E-state index in [9.17, 15) is 13.2 Å². The summed E-state index contributed by atoms with van der Waals surface area (Å²) < 4.78 is 34.3. The molecular formula is C20H24N6O4S. The zero-order valence-electron chi connectivity index (χ0n) is 17.4. The number of hydrogen-bond acceptors (Lipinski definition) is 7. The van der Waals surface area contributed by atoms with Crippen LogP contribution in [-0.2, 0) is 17.1 Å². The Morgan fingerprint density at radius 2 is 1.84 bits per heavy atom. The molecule has 0 radical (unpaired) electrons. The van der Waals surface area contributed by atoms with Crippen molar-refractivity contribution in [3.8, 4) is 11.6 Å². The molecule has 0 saturated heterocycles. The fraction of sp³-hybridized carbons (Fsp3) is 0.400. The van der Waals surface area contributed by atoms with Gasteiger partial charge < -0.3 is 4.42 Å². The number of rotatable bonds is 6. The van der Waals surface area contributed by atoms with E-state index in [1.165, 1.54) is 28.6 Å². The van der Waals surface area contributed by atoms with Gasteiger partial charge in [-0.1, -0.05) is 24.4 Å². The van der Waals surface area contributed by atoms with Gasteiger partial charge in [0.05, 0.1) is 4.90 Å². The summed E-state index contributed by atoms with van der Waals surface area (Å²) in [6, 6.07) is 7.47. The molecule has 0 spiro atoms. The molecule has 164 valence electrons. The zero-order valence-corrected chi connectivity index (χ0v) is 18.2. The van der Waals surface area contributed by atoms with Gasteiger partial charge >= 0.3 is 6.01 Å². The number of hydrogen-bond donors (Lipinski definition) is 1. The number of anilines is 1. The van der Waals surface area contributed by atoms with Crippen molar-refractivity contribution in [3.63, 3.8) is 0 Å². The highest BCUT2D eigenvalue weighted by molar-refractivity contribution is 7.89. The topological polar surface area (TPSA) is 123 Å². The van der Waals surface area contributed by atoms with Gasteiger partial charge in [0.1, 0.15) is 5.69 Å². The Labute approximate surface area is 180 Å². The minimum Gasteiger partial charge on any atom is -0.401 e. The van der Waals surface area contributed by atoms with Crippen LogP contribution in [0, 0.1) is 0 Å². The maximum Gasteiger partial charge on any atom is 0.322 e. The lowest BCUT2D eigenvalue weighted by molar-refractivity contribution is 0.102. The fourth-order valence-corrected chi connectivity index (χ4v) is 5.08. The van der Waals surface area contributed by atoms with E-state index in [1.807, 2.05) is 0 Å². The molecule has 1 N–H and O–H groups in total. The van der Waals surface area contributed by atoms with Gasteiger partial charge in [-0.3, -0.25) is 14.8 Å². The number of benzene rings is 1. The minimum atomic E-state index is -3.61. The first kappa shape index (κ1) is 21.2. The fourth-order valence-electron chi connectivity index (χ4n) is 3.66. The Hall–Kier alpha value is -3.05. The van der Waals surface area contributed by atoms with Crippen LogP contribution in [0.3, 0.4) is 0 Å². The minimum absolute atomic E-state index is 0.0209.